The maximum atomic E-state index is 12.5. The van der Waals surface area contributed by atoms with Gasteiger partial charge in [0.1, 0.15) is 12.4 Å². The summed E-state index contributed by atoms with van der Waals surface area (Å²) in [5.41, 5.74) is 2.53. The van der Waals surface area contributed by atoms with Crippen molar-refractivity contribution in [2.45, 2.75) is 26.9 Å². The first kappa shape index (κ1) is 17.9. The number of hydrogen-bond donors (Lipinski definition) is 2. The van der Waals surface area contributed by atoms with E-state index < -0.39 is 0 Å². The van der Waals surface area contributed by atoms with E-state index in [1.165, 1.54) is 0 Å². The van der Waals surface area contributed by atoms with Gasteiger partial charge in [0.2, 0.25) is 11.8 Å². The molecule has 2 N–H and O–H groups in total. The van der Waals surface area contributed by atoms with Crippen LogP contribution in [0.3, 0.4) is 0 Å². The van der Waals surface area contributed by atoms with Gasteiger partial charge in [0.05, 0.1) is 11.6 Å². The number of ether oxygens (including phenoxy) is 1. The minimum atomic E-state index is -0.216. The fourth-order valence-electron chi connectivity index (χ4n) is 3.02. The van der Waals surface area contributed by atoms with Crippen molar-refractivity contribution in [2.24, 2.45) is 11.8 Å². The van der Waals surface area contributed by atoms with E-state index in [1.54, 1.807) is 6.20 Å². The van der Waals surface area contributed by atoms with Crippen LogP contribution in [0.1, 0.15) is 24.6 Å². The van der Waals surface area contributed by atoms with Gasteiger partial charge in [-0.25, -0.2) is 0 Å². The second-order valence-electron chi connectivity index (χ2n) is 6.67. The number of pyridine rings is 1. The van der Waals surface area contributed by atoms with Crippen LogP contribution in [0.5, 0.6) is 5.75 Å². The number of hydrogen-bond acceptors (Lipinski definition) is 4. The SMILES string of the molecule is Cc1cc(OCc2ccccn2)ccc1NC(=O)C1CNC(=O)CC1C. The summed E-state index contributed by atoms with van der Waals surface area (Å²) in [5, 5.41) is 5.73. The molecule has 1 aliphatic heterocycles. The number of amides is 2. The highest BCUT2D eigenvalue weighted by atomic mass is 16.5. The van der Waals surface area contributed by atoms with Crippen molar-refractivity contribution in [1.29, 1.82) is 0 Å². The van der Waals surface area contributed by atoms with Crippen LogP contribution in [0.4, 0.5) is 5.69 Å². The van der Waals surface area contributed by atoms with Gasteiger partial charge in [-0.2, -0.15) is 0 Å². The normalized spacial score (nSPS) is 19.5. The third-order valence-corrected chi connectivity index (χ3v) is 4.62. The lowest BCUT2D eigenvalue weighted by atomic mass is 9.87. The Morgan fingerprint density at radius 2 is 2.19 bits per heavy atom. The van der Waals surface area contributed by atoms with Crippen LogP contribution in [-0.4, -0.2) is 23.3 Å². The average Bonchev–Trinajstić information content (AvgIpc) is 2.63. The fraction of sp³-hybridized carbons (Fsp3) is 0.350. The number of benzene rings is 1. The third-order valence-electron chi connectivity index (χ3n) is 4.62. The van der Waals surface area contributed by atoms with E-state index in [9.17, 15) is 9.59 Å². The standard InChI is InChI=1S/C20H23N3O3/c1-13-10-19(24)22-11-17(13)20(25)23-18-7-6-16(9-14(18)2)26-12-15-5-3-4-8-21-15/h3-9,13,17H,10-12H2,1-2H3,(H,22,24)(H,23,25). The Balaban J connectivity index is 1.60. The molecule has 2 amide bonds. The molecule has 1 fully saturated rings. The Labute approximate surface area is 153 Å². The minimum absolute atomic E-state index is 0.00661. The first-order valence-corrected chi connectivity index (χ1v) is 8.74. The molecule has 1 saturated heterocycles. The average molecular weight is 353 g/mol. The molecule has 2 aromatic rings. The van der Waals surface area contributed by atoms with Gasteiger partial charge in [-0.1, -0.05) is 13.0 Å². The molecule has 0 radical (unpaired) electrons. The Hall–Kier alpha value is -2.89. The summed E-state index contributed by atoms with van der Waals surface area (Å²) < 4.78 is 5.76. The summed E-state index contributed by atoms with van der Waals surface area (Å²) in [7, 11) is 0. The zero-order valence-corrected chi connectivity index (χ0v) is 15.0. The van der Waals surface area contributed by atoms with E-state index in [0.717, 1.165) is 22.7 Å². The Kier molecular flexibility index (Phi) is 5.51. The van der Waals surface area contributed by atoms with Gasteiger partial charge in [-0.15, -0.1) is 0 Å². The highest BCUT2D eigenvalue weighted by molar-refractivity contribution is 5.95. The van der Waals surface area contributed by atoms with Gasteiger partial charge < -0.3 is 15.4 Å². The van der Waals surface area contributed by atoms with Crippen LogP contribution in [0.15, 0.2) is 42.6 Å². The molecule has 26 heavy (non-hydrogen) atoms. The second-order valence-corrected chi connectivity index (χ2v) is 6.67. The van der Waals surface area contributed by atoms with E-state index in [0.29, 0.717) is 19.6 Å². The summed E-state index contributed by atoms with van der Waals surface area (Å²) in [6, 6.07) is 11.3. The molecule has 2 atom stereocenters. The van der Waals surface area contributed by atoms with Crippen LogP contribution in [-0.2, 0) is 16.2 Å². The number of nitrogens with zero attached hydrogens (tertiary/aromatic N) is 1. The Morgan fingerprint density at radius 3 is 2.88 bits per heavy atom. The number of aromatic nitrogens is 1. The summed E-state index contributed by atoms with van der Waals surface area (Å²) in [5.74, 6) is 0.483. The summed E-state index contributed by atoms with van der Waals surface area (Å²) in [4.78, 5) is 28.2. The summed E-state index contributed by atoms with van der Waals surface area (Å²) in [6.45, 7) is 4.64. The van der Waals surface area contributed by atoms with Crippen molar-refractivity contribution in [1.82, 2.24) is 10.3 Å². The molecule has 2 heterocycles. The zero-order valence-electron chi connectivity index (χ0n) is 15.0. The first-order chi connectivity index (χ1) is 12.5. The van der Waals surface area contributed by atoms with Crippen LogP contribution in [0.25, 0.3) is 0 Å². The van der Waals surface area contributed by atoms with Crippen LogP contribution < -0.4 is 15.4 Å². The summed E-state index contributed by atoms with van der Waals surface area (Å²) in [6.07, 6.45) is 2.12. The number of piperidine rings is 1. The summed E-state index contributed by atoms with van der Waals surface area (Å²) >= 11 is 0. The molecule has 1 aromatic carbocycles. The van der Waals surface area contributed by atoms with Gasteiger partial charge in [0.25, 0.3) is 0 Å². The van der Waals surface area contributed by atoms with Gasteiger partial charge in [0.15, 0.2) is 0 Å². The zero-order chi connectivity index (χ0) is 18.5. The molecule has 0 bridgehead atoms. The number of aryl methyl sites for hydroxylation is 1. The van der Waals surface area contributed by atoms with Gasteiger partial charge in [-0.3, -0.25) is 14.6 Å². The molecular formula is C20H23N3O3. The quantitative estimate of drug-likeness (QED) is 0.866. The molecule has 0 aliphatic carbocycles. The molecular weight excluding hydrogens is 330 g/mol. The van der Waals surface area contributed by atoms with Crippen molar-refractivity contribution in [3.63, 3.8) is 0 Å². The maximum Gasteiger partial charge on any atom is 0.229 e. The van der Waals surface area contributed by atoms with Crippen LogP contribution in [0.2, 0.25) is 0 Å². The Morgan fingerprint density at radius 1 is 1.35 bits per heavy atom. The molecule has 1 aromatic heterocycles. The number of carbonyl (C=O) groups excluding carboxylic acids is 2. The number of anilines is 1. The first-order valence-electron chi connectivity index (χ1n) is 8.74. The van der Waals surface area contributed by atoms with Crippen molar-refractivity contribution < 1.29 is 14.3 Å². The molecule has 0 saturated carbocycles. The van der Waals surface area contributed by atoms with Crippen LogP contribution >= 0.6 is 0 Å². The van der Waals surface area contributed by atoms with Crippen molar-refractivity contribution in [3.8, 4) is 5.75 Å². The largest absolute Gasteiger partial charge is 0.487 e. The van der Waals surface area contributed by atoms with E-state index >= 15 is 0 Å². The number of nitrogens with one attached hydrogen (secondary N) is 2. The molecule has 3 rings (SSSR count). The van der Waals surface area contributed by atoms with E-state index in [-0.39, 0.29) is 23.7 Å². The van der Waals surface area contributed by atoms with Crippen LogP contribution in [0, 0.1) is 18.8 Å². The number of rotatable bonds is 5. The van der Waals surface area contributed by atoms with E-state index in [1.807, 2.05) is 50.2 Å². The lowest BCUT2D eigenvalue weighted by Gasteiger charge is -2.28. The monoisotopic (exact) mass is 353 g/mol. The van der Waals surface area contributed by atoms with E-state index in [4.69, 9.17) is 4.74 Å². The molecule has 6 nitrogen and oxygen atoms in total. The van der Waals surface area contributed by atoms with Gasteiger partial charge >= 0.3 is 0 Å². The number of carbonyl (C=O) groups is 2. The van der Waals surface area contributed by atoms with E-state index in [2.05, 4.69) is 15.6 Å². The molecule has 0 spiro atoms. The topological polar surface area (TPSA) is 80.3 Å². The predicted molar refractivity (Wildman–Crippen MR) is 98.7 cm³/mol. The lowest BCUT2D eigenvalue weighted by Crippen LogP contribution is -2.45. The van der Waals surface area contributed by atoms with Crippen molar-refractivity contribution >= 4 is 17.5 Å². The third kappa shape index (κ3) is 4.39. The van der Waals surface area contributed by atoms with Gasteiger partial charge in [0, 0.05) is 24.8 Å². The smallest absolute Gasteiger partial charge is 0.229 e. The Bertz CT molecular complexity index is 792. The second kappa shape index (κ2) is 7.99. The lowest BCUT2D eigenvalue weighted by molar-refractivity contribution is -0.128. The molecule has 1 aliphatic rings. The minimum Gasteiger partial charge on any atom is -0.487 e. The van der Waals surface area contributed by atoms with Crippen molar-refractivity contribution in [2.75, 3.05) is 11.9 Å². The fourth-order valence-corrected chi connectivity index (χ4v) is 3.02. The highest BCUT2D eigenvalue weighted by Gasteiger charge is 2.31. The maximum absolute atomic E-state index is 12.5. The highest BCUT2D eigenvalue weighted by Crippen LogP contribution is 2.25. The molecule has 2 unspecified atom stereocenters. The predicted octanol–water partition coefficient (Wildman–Crippen LogP) is 2.68. The molecule has 6 heteroatoms. The van der Waals surface area contributed by atoms with Crippen molar-refractivity contribution in [3.05, 3.63) is 53.9 Å². The van der Waals surface area contributed by atoms with Gasteiger partial charge in [-0.05, 0) is 48.7 Å². The molecule has 136 valence electrons.